The molecule has 0 aliphatic carbocycles. The number of carbonyl (C=O) groups excluding carboxylic acids is 7. The van der Waals surface area contributed by atoms with Gasteiger partial charge in [0.15, 0.2) is 0 Å². The average molecular weight is 977 g/mol. The zero-order chi connectivity index (χ0) is 51.2. The standard InChI is InChI=1S/C54H68N6O9S/c1-34(2)29-43-51(67)70-33-45(55-35(3)61)50(66)59-44(32-68-52(4,5)6)49(65)57-42(48(64)56-41(47(63)58-43)30-36-25-27-40(28-26-36)69-53(7,8)9)31-46(62)60-54(37-19-13-10-14-20-37,38-21-15-11-16-22-38)39-23-17-12-18-24-39/h10-28,34,41-45H,29-33H2,1-9H3,(H,55,61)(H,56,64)(H,57,65)(H,58,63)(H,59,66)(H,60,62)/t41-,42-,43-,44-,45-/m0/s1. The van der Waals surface area contributed by atoms with E-state index in [0.29, 0.717) is 28.0 Å². The molecule has 16 heteroatoms. The monoisotopic (exact) mass is 976 g/mol. The Kier molecular flexibility index (Phi) is 18.9. The second kappa shape index (κ2) is 24.4. The molecule has 5 atom stereocenters. The molecule has 6 N–H and O–H groups in total. The van der Waals surface area contributed by atoms with Crippen LogP contribution in [0.4, 0.5) is 0 Å². The van der Waals surface area contributed by atoms with Crippen LogP contribution in [0.5, 0.6) is 5.75 Å². The minimum atomic E-state index is -1.65. The predicted molar refractivity (Wildman–Crippen MR) is 270 cm³/mol. The van der Waals surface area contributed by atoms with Crippen LogP contribution in [0.2, 0.25) is 0 Å². The summed E-state index contributed by atoms with van der Waals surface area (Å²) in [7, 11) is 0. The third-order valence-electron chi connectivity index (χ3n) is 11.1. The highest BCUT2D eigenvalue weighted by atomic mass is 32.2. The van der Waals surface area contributed by atoms with Crippen molar-refractivity contribution in [3.63, 3.8) is 0 Å². The summed E-state index contributed by atoms with van der Waals surface area (Å²) in [6, 6.07) is 28.3. The fourth-order valence-corrected chi connectivity index (χ4v) is 8.84. The Morgan fingerprint density at radius 1 is 0.629 bits per heavy atom. The second-order valence-electron chi connectivity index (χ2n) is 19.8. The van der Waals surface area contributed by atoms with Gasteiger partial charge in [0.2, 0.25) is 40.6 Å². The molecular formula is C54H68N6O9S. The van der Waals surface area contributed by atoms with Crippen LogP contribution in [0, 0.1) is 5.92 Å². The Morgan fingerprint density at radius 2 is 1.10 bits per heavy atom. The minimum Gasteiger partial charge on any atom is -0.488 e. The van der Waals surface area contributed by atoms with Gasteiger partial charge in [-0.05, 0) is 88.3 Å². The molecule has 0 spiro atoms. The number of hydrogen-bond donors (Lipinski definition) is 6. The molecule has 1 aliphatic rings. The highest BCUT2D eigenvalue weighted by Crippen LogP contribution is 2.37. The van der Waals surface area contributed by atoms with Crippen LogP contribution in [0.3, 0.4) is 0 Å². The van der Waals surface area contributed by atoms with Gasteiger partial charge in [-0.2, -0.15) is 0 Å². The van der Waals surface area contributed by atoms with Gasteiger partial charge in [0.1, 0.15) is 41.1 Å². The SMILES string of the molecule is CC(=O)N[C@H]1CSC(=O)[C@H](CC(C)C)NC(=O)[C@H](Cc2ccc(OC(C)(C)C)cc2)NC(=O)[C@H](CC(=O)NC(c2ccccc2)(c2ccccc2)c2ccccc2)NC(=O)[C@H](COC(C)(C)C)NC1=O. The maximum absolute atomic E-state index is 15.0. The summed E-state index contributed by atoms with van der Waals surface area (Å²) in [6.45, 7) is 15.6. The van der Waals surface area contributed by atoms with Crippen molar-refractivity contribution in [3.05, 3.63) is 138 Å². The number of thioether (sulfide) groups is 1. The third-order valence-corrected chi connectivity index (χ3v) is 12.2. The first-order chi connectivity index (χ1) is 33.0. The van der Waals surface area contributed by atoms with Crippen molar-refractivity contribution < 1.29 is 43.0 Å². The highest BCUT2D eigenvalue weighted by molar-refractivity contribution is 8.13. The van der Waals surface area contributed by atoms with Crippen LogP contribution in [-0.4, -0.2) is 94.3 Å². The maximum atomic E-state index is 15.0. The molecular weight excluding hydrogens is 909 g/mol. The molecule has 0 unspecified atom stereocenters. The molecule has 1 saturated heterocycles. The van der Waals surface area contributed by atoms with E-state index in [2.05, 4.69) is 31.9 Å². The zero-order valence-electron chi connectivity index (χ0n) is 41.6. The number of rotatable bonds is 14. The molecule has 0 saturated carbocycles. The van der Waals surface area contributed by atoms with E-state index in [1.165, 1.54) is 6.92 Å². The largest absolute Gasteiger partial charge is 0.488 e. The normalized spacial score (nSPS) is 20.1. The number of carbonyl (C=O) groups is 7. The van der Waals surface area contributed by atoms with Crippen LogP contribution in [0.15, 0.2) is 115 Å². The van der Waals surface area contributed by atoms with Crippen molar-refractivity contribution in [2.75, 3.05) is 12.4 Å². The van der Waals surface area contributed by atoms with E-state index >= 15 is 0 Å². The van der Waals surface area contributed by atoms with Crippen LogP contribution >= 0.6 is 11.8 Å². The van der Waals surface area contributed by atoms with Gasteiger partial charge in [-0.15, -0.1) is 0 Å². The molecule has 0 aromatic heterocycles. The highest BCUT2D eigenvalue weighted by Gasteiger charge is 2.40. The van der Waals surface area contributed by atoms with Crippen LogP contribution in [0.1, 0.15) is 97.4 Å². The van der Waals surface area contributed by atoms with Crippen molar-refractivity contribution in [2.45, 2.75) is 129 Å². The minimum absolute atomic E-state index is 0.0577. The van der Waals surface area contributed by atoms with E-state index in [1.807, 2.05) is 126 Å². The van der Waals surface area contributed by atoms with Crippen molar-refractivity contribution in [1.29, 1.82) is 0 Å². The molecule has 0 bridgehead atoms. The summed E-state index contributed by atoms with van der Waals surface area (Å²) < 4.78 is 12.0. The summed E-state index contributed by atoms with van der Waals surface area (Å²) >= 11 is 0.750. The molecule has 4 aromatic rings. The summed E-state index contributed by atoms with van der Waals surface area (Å²) in [6.07, 6.45) is -0.484. The first-order valence-electron chi connectivity index (χ1n) is 23.6. The van der Waals surface area contributed by atoms with Crippen molar-refractivity contribution >= 4 is 52.3 Å². The fraction of sp³-hybridized carbons (Fsp3) is 0.426. The molecule has 4 aromatic carbocycles. The molecule has 1 aliphatic heterocycles. The van der Waals surface area contributed by atoms with Gasteiger partial charge < -0.3 is 41.4 Å². The summed E-state index contributed by atoms with van der Waals surface area (Å²) in [5.41, 5.74) is 0.193. The van der Waals surface area contributed by atoms with Gasteiger partial charge in [0.25, 0.3) is 0 Å². The summed E-state index contributed by atoms with van der Waals surface area (Å²) in [5.74, 6) is -4.24. The molecule has 15 nitrogen and oxygen atoms in total. The first-order valence-corrected chi connectivity index (χ1v) is 24.6. The lowest BCUT2D eigenvalue weighted by Gasteiger charge is -2.37. The Balaban J connectivity index is 1.63. The van der Waals surface area contributed by atoms with Crippen LogP contribution < -0.4 is 36.6 Å². The van der Waals surface area contributed by atoms with Crippen LogP contribution in [0.25, 0.3) is 0 Å². The molecule has 6 amide bonds. The van der Waals surface area contributed by atoms with Gasteiger partial charge in [0.05, 0.1) is 24.7 Å². The van der Waals surface area contributed by atoms with E-state index in [4.69, 9.17) is 9.47 Å². The Bertz CT molecular complexity index is 2330. The topological polar surface area (TPSA) is 210 Å². The summed E-state index contributed by atoms with van der Waals surface area (Å²) in [5, 5.41) is 16.4. The van der Waals surface area contributed by atoms with E-state index < -0.39 is 93.9 Å². The third kappa shape index (κ3) is 16.0. The van der Waals surface area contributed by atoms with E-state index in [1.54, 1.807) is 45.0 Å². The van der Waals surface area contributed by atoms with E-state index in [0.717, 1.165) is 11.8 Å². The van der Waals surface area contributed by atoms with Crippen molar-refractivity contribution in [2.24, 2.45) is 5.92 Å². The zero-order valence-corrected chi connectivity index (χ0v) is 42.4. The number of benzene rings is 4. The number of nitrogens with one attached hydrogen (secondary N) is 6. The van der Waals surface area contributed by atoms with E-state index in [-0.39, 0.29) is 31.1 Å². The molecule has 1 fully saturated rings. The number of hydrogen-bond acceptors (Lipinski definition) is 10. The van der Waals surface area contributed by atoms with Gasteiger partial charge in [-0.25, -0.2) is 0 Å². The Morgan fingerprint density at radius 3 is 1.59 bits per heavy atom. The lowest BCUT2D eigenvalue weighted by Crippen LogP contribution is -2.61. The Labute approximate surface area is 415 Å². The van der Waals surface area contributed by atoms with Gasteiger partial charge >= 0.3 is 0 Å². The Hall–Kier alpha value is -6.52. The molecule has 1 heterocycles. The summed E-state index contributed by atoms with van der Waals surface area (Å²) in [4.78, 5) is 99.5. The average Bonchev–Trinajstić information content (AvgIpc) is 3.30. The quantitative estimate of drug-likeness (QED) is 0.0877. The first kappa shape index (κ1) is 54.4. The second-order valence-corrected chi connectivity index (χ2v) is 20.9. The number of ether oxygens (including phenoxy) is 2. The van der Waals surface area contributed by atoms with Gasteiger partial charge in [-0.1, -0.05) is 129 Å². The van der Waals surface area contributed by atoms with Crippen molar-refractivity contribution in [1.82, 2.24) is 31.9 Å². The molecule has 374 valence electrons. The van der Waals surface area contributed by atoms with Gasteiger partial charge in [0, 0.05) is 19.1 Å². The maximum Gasteiger partial charge on any atom is 0.245 e. The molecule has 0 radical (unpaired) electrons. The molecule has 70 heavy (non-hydrogen) atoms. The molecule has 5 rings (SSSR count). The smallest absolute Gasteiger partial charge is 0.245 e. The van der Waals surface area contributed by atoms with Crippen molar-refractivity contribution in [3.8, 4) is 5.75 Å². The lowest BCUT2D eigenvalue weighted by molar-refractivity contribution is -0.137. The van der Waals surface area contributed by atoms with Crippen LogP contribution in [-0.2, 0) is 50.3 Å². The predicted octanol–water partition coefficient (Wildman–Crippen LogP) is 5.48. The number of amides is 6. The van der Waals surface area contributed by atoms with Gasteiger partial charge in [-0.3, -0.25) is 33.6 Å². The lowest BCUT2D eigenvalue weighted by atomic mass is 9.77. The van der Waals surface area contributed by atoms with E-state index in [9.17, 15) is 33.6 Å². The fourth-order valence-electron chi connectivity index (χ4n) is 7.91.